The molecule has 0 amide bonds. The number of nitrogens with zero attached hydrogens (tertiary/aromatic N) is 1. The van der Waals surface area contributed by atoms with Gasteiger partial charge in [-0.3, -0.25) is 4.90 Å². The van der Waals surface area contributed by atoms with E-state index in [0.29, 0.717) is 6.61 Å². The van der Waals surface area contributed by atoms with Gasteiger partial charge in [0.2, 0.25) is 0 Å². The van der Waals surface area contributed by atoms with E-state index in [4.69, 9.17) is 9.15 Å². The highest BCUT2D eigenvalue weighted by Crippen LogP contribution is 2.38. The van der Waals surface area contributed by atoms with Crippen LogP contribution in [0.15, 0.2) is 65.8 Å². The monoisotopic (exact) mass is 255 g/mol. The van der Waals surface area contributed by atoms with Crippen LogP contribution in [0.4, 0.5) is 0 Å². The fraction of sp³-hybridized carbons (Fsp3) is 0.250. The maximum absolute atomic E-state index is 5.91. The van der Waals surface area contributed by atoms with Gasteiger partial charge in [0.1, 0.15) is 5.76 Å². The van der Waals surface area contributed by atoms with Gasteiger partial charge >= 0.3 is 0 Å². The standard InChI is InChI=1S/C16H17NO2/c1-2-10-17-14(13-7-4-3-5-8-13)12-19-16(17)15-9-6-11-18-15/h2-9,11,14,16H,1,10,12H2/t14-,16+/m0/s1. The van der Waals surface area contributed by atoms with E-state index in [1.807, 2.05) is 24.3 Å². The summed E-state index contributed by atoms with van der Waals surface area (Å²) in [4.78, 5) is 2.27. The lowest BCUT2D eigenvalue weighted by molar-refractivity contribution is 0.0179. The Labute approximate surface area is 113 Å². The van der Waals surface area contributed by atoms with Gasteiger partial charge in [-0.25, -0.2) is 0 Å². The number of rotatable bonds is 4. The summed E-state index contributed by atoms with van der Waals surface area (Å²) in [6, 6.07) is 14.5. The zero-order valence-corrected chi connectivity index (χ0v) is 10.7. The van der Waals surface area contributed by atoms with E-state index in [2.05, 4.69) is 35.7 Å². The first-order valence-corrected chi connectivity index (χ1v) is 6.46. The fourth-order valence-electron chi connectivity index (χ4n) is 2.55. The van der Waals surface area contributed by atoms with Crippen LogP contribution in [0.3, 0.4) is 0 Å². The predicted molar refractivity (Wildman–Crippen MR) is 73.5 cm³/mol. The molecule has 1 saturated heterocycles. The molecule has 0 radical (unpaired) electrons. The molecule has 1 aliphatic rings. The Bertz CT molecular complexity index is 521. The third-order valence-corrected chi connectivity index (χ3v) is 3.42. The van der Waals surface area contributed by atoms with Crippen molar-refractivity contribution in [2.24, 2.45) is 0 Å². The van der Waals surface area contributed by atoms with Gasteiger partial charge in [-0.05, 0) is 17.7 Å². The molecule has 0 aliphatic carbocycles. The average Bonchev–Trinajstić information content (AvgIpc) is 3.09. The van der Waals surface area contributed by atoms with Crippen LogP contribution in [-0.4, -0.2) is 18.1 Å². The molecule has 0 spiro atoms. The molecule has 3 nitrogen and oxygen atoms in total. The molecule has 1 aromatic carbocycles. The SMILES string of the molecule is C=CCN1[C@@H](c2ccco2)OC[C@H]1c1ccccc1. The molecule has 2 aromatic rings. The molecule has 0 N–H and O–H groups in total. The summed E-state index contributed by atoms with van der Waals surface area (Å²) in [5.74, 6) is 0.847. The smallest absolute Gasteiger partial charge is 0.170 e. The Morgan fingerprint density at radius 2 is 2.05 bits per heavy atom. The molecule has 0 bridgehead atoms. The number of benzene rings is 1. The average molecular weight is 255 g/mol. The number of ether oxygens (including phenoxy) is 1. The van der Waals surface area contributed by atoms with Crippen molar-refractivity contribution in [2.75, 3.05) is 13.2 Å². The minimum atomic E-state index is -0.127. The van der Waals surface area contributed by atoms with Crippen molar-refractivity contribution in [3.8, 4) is 0 Å². The number of furan rings is 1. The van der Waals surface area contributed by atoms with Gasteiger partial charge in [0.05, 0.1) is 18.9 Å². The van der Waals surface area contributed by atoms with Crippen LogP contribution in [0, 0.1) is 0 Å². The molecule has 3 rings (SSSR count). The van der Waals surface area contributed by atoms with Gasteiger partial charge in [0, 0.05) is 6.54 Å². The summed E-state index contributed by atoms with van der Waals surface area (Å²) in [5.41, 5.74) is 1.26. The molecule has 1 fully saturated rings. The molecular weight excluding hydrogens is 238 g/mol. The summed E-state index contributed by atoms with van der Waals surface area (Å²) >= 11 is 0. The molecule has 1 aromatic heterocycles. The number of hydrogen-bond acceptors (Lipinski definition) is 3. The van der Waals surface area contributed by atoms with Crippen molar-refractivity contribution in [1.29, 1.82) is 0 Å². The second-order valence-corrected chi connectivity index (χ2v) is 4.61. The maximum atomic E-state index is 5.91. The first-order valence-electron chi connectivity index (χ1n) is 6.46. The van der Waals surface area contributed by atoms with E-state index in [0.717, 1.165) is 12.3 Å². The Morgan fingerprint density at radius 1 is 1.21 bits per heavy atom. The Morgan fingerprint density at radius 3 is 2.74 bits per heavy atom. The fourth-order valence-corrected chi connectivity index (χ4v) is 2.55. The molecule has 98 valence electrons. The van der Waals surface area contributed by atoms with Gasteiger partial charge in [0.25, 0.3) is 0 Å². The molecule has 2 atom stereocenters. The second-order valence-electron chi connectivity index (χ2n) is 4.61. The molecule has 0 saturated carbocycles. The lowest BCUT2D eigenvalue weighted by Gasteiger charge is -2.25. The second kappa shape index (κ2) is 5.43. The normalized spacial score (nSPS) is 23.6. The lowest BCUT2D eigenvalue weighted by Crippen LogP contribution is -2.27. The molecule has 2 heterocycles. The van der Waals surface area contributed by atoms with Crippen LogP contribution in [0.2, 0.25) is 0 Å². The van der Waals surface area contributed by atoms with Gasteiger partial charge in [0.15, 0.2) is 6.23 Å². The Balaban J connectivity index is 1.88. The molecule has 1 aliphatic heterocycles. The van der Waals surface area contributed by atoms with Crippen molar-refractivity contribution >= 4 is 0 Å². The van der Waals surface area contributed by atoms with Crippen LogP contribution in [0.5, 0.6) is 0 Å². The van der Waals surface area contributed by atoms with Crippen molar-refractivity contribution in [3.05, 3.63) is 72.7 Å². The quantitative estimate of drug-likeness (QED) is 0.781. The maximum Gasteiger partial charge on any atom is 0.170 e. The van der Waals surface area contributed by atoms with E-state index in [-0.39, 0.29) is 12.3 Å². The van der Waals surface area contributed by atoms with Gasteiger partial charge in [-0.1, -0.05) is 36.4 Å². The Kier molecular flexibility index (Phi) is 3.49. The third kappa shape index (κ3) is 2.35. The van der Waals surface area contributed by atoms with Crippen molar-refractivity contribution in [3.63, 3.8) is 0 Å². The van der Waals surface area contributed by atoms with Crippen LogP contribution in [0.25, 0.3) is 0 Å². The summed E-state index contributed by atoms with van der Waals surface area (Å²) in [7, 11) is 0. The zero-order valence-electron chi connectivity index (χ0n) is 10.7. The van der Waals surface area contributed by atoms with E-state index in [1.54, 1.807) is 6.26 Å². The van der Waals surface area contributed by atoms with E-state index < -0.39 is 0 Å². The molecule has 19 heavy (non-hydrogen) atoms. The minimum absolute atomic E-state index is 0.127. The van der Waals surface area contributed by atoms with Crippen molar-refractivity contribution in [1.82, 2.24) is 4.90 Å². The van der Waals surface area contributed by atoms with Gasteiger partial charge in [-0.2, -0.15) is 0 Å². The van der Waals surface area contributed by atoms with Crippen LogP contribution >= 0.6 is 0 Å². The van der Waals surface area contributed by atoms with E-state index >= 15 is 0 Å². The minimum Gasteiger partial charge on any atom is -0.465 e. The first kappa shape index (κ1) is 12.2. The van der Waals surface area contributed by atoms with Gasteiger partial charge < -0.3 is 9.15 Å². The van der Waals surface area contributed by atoms with E-state index in [1.165, 1.54) is 5.56 Å². The van der Waals surface area contributed by atoms with E-state index in [9.17, 15) is 0 Å². The highest BCUT2D eigenvalue weighted by Gasteiger charge is 2.36. The highest BCUT2D eigenvalue weighted by atomic mass is 16.5. The zero-order chi connectivity index (χ0) is 13.1. The predicted octanol–water partition coefficient (Wildman–Crippen LogP) is 3.54. The summed E-state index contributed by atoms with van der Waals surface area (Å²) in [6.07, 6.45) is 3.46. The summed E-state index contributed by atoms with van der Waals surface area (Å²) in [6.45, 7) is 5.28. The van der Waals surface area contributed by atoms with Crippen LogP contribution in [0.1, 0.15) is 23.6 Å². The molecular formula is C16H17NO2. The largest absolute Gasteiger partial charge is 0.465 e. The lowest BCUT2D eigenvalue weighted by atomic mass is 10.1. The van der Waals surface area contributed by atoms with Crippen molar-refractivity contribution < 1.29 is 9.15 Å². The Hall–Kier alpha value is -1.84. The van der Waals surface area contributed by atoms with Crippen molar-refractivity contribution in [2.45, 2.75) is 12.3 Å². The first-order chi connectivity index (χ1) is 9.40. The van der Waals surface area contributed by atoms with Gasteiger partial charge in [-0.15, -0.1) is 6.58 Å². The van der Waals surface area contributed by atoms with Crippen LogP contribution in [-0.2, 0) is 4.74 Å². The third-order valence-electron chi connectivity index (χ3n) is 3.42. The molecule has 0 unspecified atom stereocenters. The number of hydrogen-bond donors (Lipinski definition) is 0. The summed E-state index contributed by atoms with van der Waals surface area (Å²) < 4.78 is 11.4. The molecule has 3 heteroatoms. The highest BCUT2D eigenvalue weighted by molar-refractivity contribution is 5.21. The topological polar surface area (TPSA) is 25.6 Å². The van der Waals surface area contributed by atoms with Crippen LogP contribution < -0.4 is 0 Å². The summed E-state index contributed by atoms with van der Waals surface area (Å²) in [5, 5.41) is 0.